The molecule has 33 N–H and O–H groups in total. The van der Waals surface area contributed by atoms with Crippen molar-refractivity contribution < 1.29 is 38.4 Å². The number of H-pyrrole nitrogens is 1. The minimum atomic E-state index is -1.43. The summed E-state index contributed by atoms with van der Waals surface area (Å²) in [4.78, 5) is 151. The highest BCUT2D eigenvalue weighted by Gasteiger charge is 2.34. The van der Waals surface area contributed by atoms with Crippen molar-refractivity contribution in [3.8, 4) is 0 Å². The second kappa shape index (κ2) is 42.7. The number of aromatic nitrogens is 3. The van der Waals surface area contributed by atoms with Gasteiger partial charge in [0.25, 0.3) is 0 Å². The van der Waals surface area contributed by atoms with E-state index in [0.29, 0.717) is 51.9 Å². The Morgan fingerprint density at radius 3 is 1.09 bits per heavy atom. The number of aromatic amines is 1. The van der Waals surface area contributed by atoms with E-state index in [0.717, 1.165) is 29.7 Å². The van der Waals surface area contributed by atoms with Crippen LogP contribution in [0.1, 0.15) is 122 Å². The number of hydrogen-bond donors (Lipinski definition) is 20. The van der Waals surface area contributed by atoms with Crippen molar-refractivity contribution >= 4 is 99.9 Å². The summed E-state index contributed by atoms with van der Waals surface area (Å²) >= 11 is 0. The molecule has 8 amide bonds. The van der Waals surface area contributed by atoms with Crippen LogP contribution in [0.4, 0.5) is 5.82 Å². The number of nitrogens with zero attached hydrogens (tertiary/aromatic N) is 10. The lowest BCUT2D eigenvalue weighted by Crippen LogP contribution is -2.59. The molecule has 518 valence electrons. The van der Waals surface area contributed by atoms with Gasteiger partial charge in [-0.3, -0.25) is 68.3 Å². The average Bonchev–Trinajstić information content (AvgIpc) is 1.80. The van der Waals surface area contributed by atoms with Crippen molar-refractivity contribution in [3.05, 3.63) is 18.6 Å². The highest BCUT2D eigenvalue weighted by Crippen LogP contribution is 2.23. The molecule has 0 saturated carbocycles. The summed E-state index contributed by atoms with van der Waals surface area (Å²) in [6.07, 6.45) is 7.90. The monoisotopic (exact) mass is 1310 g/mol. The minimum absolute atomic E-state index is 0.00627. The number of primary amides is 1. The quantitative estimate of drug-likeness (QED) is 0.0166. The van der Waals surface area contributed by atoms with Gasteiger partial charge in [0.2, 0.25) is 47.3 Å². The summed E-state index contributed by atoms with van der Waals surface area (Å²) in [5.41, 5.74) is 72.9. The molecular weight excluding hydrogens is 1210 g/mol. The van der Waals surface area contributed by atoms with Gasteiger partial charge in [0.15, 0.2) is 35.8 Å². The molecule has 2 aromatic rings. The number of unbranched alkanes of at least 4 members (excludes halogenated alkanes) is 4. The number of hydrogen-bond acceptors (Lipinski definition) is 17. The van der Waals surface area contributed by atoms with E-state index in [1.807, 2.05) is 17.2 Å². The van der Waals surface area contributed by atoms with Crippen LogP contribution >= 0.6 is 0 Å². The molecule has 38 nitrogen and oxygen atoms in total. The Morgan fingerprint density at radius 1 is 0.409 bits per heavy atom. The summed E-state index contributed by atoms with van der Waals surface area (Å²) in [6.45, 7) is 2.79. The predicted octanol–water partition coefficient (Wildman–Crippen LogP) is -6.95. The summed E-state index contributed by atoms with van der Waals surface area (Å²) in [7, 11) is 0. The van der Waals surface area contributed by atoms with Gasteiger partial charge in [0.05, 0.1) is 5.39 Å². The van der Waals surface area contributed by atoms with E-state index in [1.54, 1.807) is 0 Å². The second-order valence-electron chi connectivity index (χ2n) is 22.1. The molecule has 1 fully saturated rings. The molecule has 0 aliphatic carbocycles. The fourth-order valence-corrected chi connectivity index (χ4v) is 9.81. The largest absolute Gasteiger partial charge is 0.370 e. The Labute approximate surface area is 540 Å². The van der Waals surface area contributed by atoms with Crippen molar-refractivity contribution in [1.82, 2.24) is 51.8 Å². The topological polar surface area (TPSA) is 669 Å². The number of nitrogens with one attached hydrogen (secondary N) is 7. The van der Waals surface area contributed by atoms with Crippen molar-refractivity contribution in [2.24, 2.45) is 104 Å². The molecule has 1 aliphatic rings. The molecule has 3 rings (SSSR count). The van der Waals surface area contributed by atoms with Gasteiger partial charge in [-0.25, -0.2) is 9.97 Å². The molecule has 0 bridgehead atoms. The van der Waals surface area contributed by atoms with Crippen molar-refractivity contribution in [3.63, 3.8) is 0 Å². The van der Waals surface area contributed by atoms with E-state index in [2.05, 4.69) is 81.7 Å². The number of rotatable bonds is 45. The first kappa shape index (κ1) is 77.0. The normalized spacial score (nSPS) is 13.8. The van der Waals surface area contributed by atoms with Crippen LogP contribution in [0.25, 0.3) is 11.0 Å². The predicted molar refractivity (Wildman–Crippen MR) is 355 cm³/mol. The smallest absolute Gasteiger partial charge is 0.243 e. The first-order chi connectivity index (χ1) is 44.3. The number of aliphatic imine (C=N–C) groups is 6. The number of guanidine groups is 6. The second-order valence-corrected chi connectivity index (χ2v) is 22.1. The molecule has 0 unspecified atom stereocenters. The summed E-state index contributed by atoms with van der Waals surface area (Å²) in [6, 6.07) is -6.04. The molecule has 6 atom stereocenters. The van der Waals surface area contributed by atoms with Crippen LogP contribution in [0.3, 0.4) is 0 Å². The summed E-state index contributed by atoms with van der Waals surface area (Å²) in [5, 5.41) is 17.1. The standard InChI is InChI=1S/C55H100N30O8/c56-42(88)34(12-6-21-70-50(57)58)79-46(90)36(14-8-23-72-52(61)62)81-48(92)38(16-10-25-74-54(65)66)83-49(93)39(17-11-26-75-55(67)68)82-47(91)37(15-9-24-73-53(63)64)80-45(89)35(13-7-22-71-51(59)60)78-40(86)18-4-2-1-3-5-19-41(87)84-28-30-85(31-29-84)44-33-20-27-69-43(33)76-32-77-44/h20,27,32,34-39H,1-19,21-26,28-31H2,(H2,56,88)(H,78,86)(H,79,90)(H,80,89)(H,81,92)(H,82,91)(H,83,93)(H4,57,58,70)(H4,59,60,71)(H4,61,62,72)(H4,63,64,73)(H4,65,66,74)(H4,67,68,75)(H,69,76,77)/t34-,35-,36-,37-,38-,39-/m1/s1. The van der Waals surface area contributed by atoms with E-state index >= 15 is 0 Å². The van der Waals surface area contributed by atoms with Crippen LogP contribution in [0.15, 0.2) is 48.5 Å². The van der Waals surface area contributed by atoms with Crippen LogP contribution in [-0.4, -0.2) is 205 Å². The number of piperazine rings is 1. The highest BCUT2D eigenvalue weighted by molar-refractivity contribution is 5.97. The first-order valence-electron chi connectivity index (χ1n) is 31.1. The fraction of sp³-hybridized carbons (Fsp3) is 0.636. The molecule has 1 saturated heterocycles. The molecular formula is C55H100N30O8. The Balaban J connectivity index is 1.79. The number of amides is 8. The van der Waals surface area contributed by atoms with Crippen LogP contribution in [0.2, 0.25) is 0 Å². The van der Waals surface area contributed by atoms with Gasteiger partial charge in [-0.1, -0.05) is 19.3 Å². The lowest BCUT2D eigenvalue weighted by molar-refractivity contribution is -0.135. The summed E-state index contributed by atoms with van der Waals surface area (Å²) in [5.74, 6) is -5.84. The number of nitrogens with two attached hydrogens (primary N) is 13. The van der Waals surface area contributed by atoms with E-state index in [9.17, 15) is 38.4 Å². The number of carbonyl (C=O) groups excluding carboxylic acids is 8. The van der Waals surface area contributed by atoms with Gasteiger partial charge in [-0.05, 0) is 96.0 Å². The Kier molecular flexibility index (Phi) is 35.4. The molecule has 0 spiro atoms. The molecule has 38 heteroatoms. The molecule has 0 radical (unpaired) electrons. The zero-order chi connectivity index (χ0) is 68.7. The van der Waals surface area contributed by atoms with E-state index in [1.165, 1.54) is 6.33 Å². The van der Waals surface area contributed by atoms with Crippen molar-refractivity contribution in [2.75, 3.05) is 70.3 Å². The third-order valence-corrected chi connectivity index (χ3v) is 14.6. The number of anilines is 1. The SMILES string of the molecule is NC(=O)[C@@H](CCCN=C(N)N)NC(=O)[C@@H](CCCN=C(N)N)NC(=O)[C@@H](CCCN=C(N)N)NC(=O)[C@@H](CCCN=C(N)N)NC(=O)[C@@H](CCCN=C(N)N)NC(=O)[C@@H](CCCN=C(N)N)NC(=O)CCCCCCCC(=O)N1CCN(c2ncnc3[nH]ccc23)CC1. The van der Waals surface area contributed by atoms with Gasteiger partial charge in [0, 0.05) is 84.5 Å². The minimum Gasteiger partial charge on any atom is -0.370 e. The third-order valence-electron chi connectivity index (χ3n) is 14.6. The zero-order valence-electron chi connectivity index (χ0n) is 52.9. The Morgan fingerprint density at radius 2 is 0.731 bits per heavy atom. The molecule has 2 aromatic heterocycles. The van der Waals surface area contributed by atoms with E-state index < -0.39 is 77.6 Å². The molecule has 0 aromatic carbocycles. The fourth-order valence-electron chi connectivity index (χ4n) is 9.81. The van der Waals surface area contributed by atoms with Crippen molar-refractivity contribution in [1.29, 1.82) is 0 Å². The van der Waals surface area contributed by atoms with Crippen LogP contribution in [0, 0.1) is 0 Å². The lowest BCUT2D eigenvalue weighted by atomic mass is 10.0. The average molecular weight is 1310 g/mol. The van der Waals surface area contributed by atoms with E-state index in [-0.39, 0.29) is 164 Å². The van der Waals surface area contributed by atoms with Gasteiger partial charge in [-0.15, -0.1) is 0 Å². The van der Waals surface area contributed by atoms with E-state index in [4.69, 9.17) is 74.5 Å². The van der Waals surface area contributed by atoms with Crippen molar-refractivity contribution in [2.45, 2.75) is 158 Å². The number of carbonyl (C=O) groups is 8. The van der Waals surface area contributed by atoms with Crippen LogP contribution in [0.5, 0.6) is 0 Å². The number of fused-ring (bicyclic) bond motifs is 1. The lowest BCUT2D eigenvalue weighted by Gasteiger charge is -2.35. The Bertz CT molecular complexity index is 2880. The van der Waals surface area contributed by atoms with Crippen LogP contribution < -0.4 is 111 Å². The molecule has 93 heavy (non-hydrogen) atoms. The van der Waals surface area contributed by atoms with Gasteiger partial charge < -0.3 is 121 Å². The van der Waals surface area contributed by atoms with Gasteiger partial charge in [0.1, 0.15) is 54.0 Å². The molecule has 1 aliphatic heterocycles. The van der Waals surface area contributed by atoms with Gasteiger partial charge in [-0.2, -0.15) is 0 Å². The highest BCUT2D eigenvalue weighted by atomic mass is 16.2. The first-order valence-corrected chi connectivity index (χ1v) is 31.1. The Hall–Kier alpha value is -10.2. The summed E-state index contributed by atoms with van der Waals surface area (Å²) < 4.78 is 0. The molecule has 3 heterocycles. The third kappa shape index (κ3) is 31.9. The van der Waals surface area contributed by atoms with Crippen LogP contribution in [-0.2, 0) is 38.4 Å². The maximum atomic E-state index is 14.6. The maximum Gasteiger partial charge on any atom is 0.243 e. The zero-order valence-corrected chi connectivity index (χ0v) is 52.9. The van der Waals surface area contributed by atoms with Gasteiger partial charge >= 0.3 is 0 Å². The maximum absolute atomic E-state index is 14.6.